The van der Waals surface area contributed by atoms with Crippen LogP contribution in [0.5, 0.6) is 0 Å². The van der Waals surface area contributed by atoms with E-state index in [4.69, 9.17) is 0 Å². The van der Waals surface area contributed by atoms with Gasteiger partial charge in [0.05, 0.1) is 0 Å². The Morgan fingerprint density at radius 1 is 0.889 bits per heavy atom. The summed E-state index contributed by atoms with van der Waals surface area (Å²) < 4.78 is 0. The maximum atomic E-state index is 2.22. The van der Waals surface area contributed by atoms with Gasteiger partial charge in [0.2, 0.25) is 0 Å². The molecule has 0 unspecified atom stereocenters. The Labute approximate surface area is 71.0 Å². The Bertz CT molecular complexity index is 36.0. The molecule has 0 aliphatic rings. The Morgan fingerprint density at radius 2 is 1.22 bits per heavy atom. The minimum absolute atomic E-state index is 0. The molecule has 0 spiro atoms. The van der Waals surface area contributed by atoms with E-state index in [1.807, 2.05) is 21.6 Å². The monoisotopic (exact) mass is 178 g/mol. The molecule has 0 N–H and O–H groups in total. The molecular weight excluding hydrogens is 164 g/mol. The summed E-state index contributed by atoms with van der Waals surface area (Å²) in [6.45, 7) is 4.44. The average Bonchev–Trinajstić information content (AvgIpc) is 1.81. The largest absolute Gasteiger partial charge is 0.0942 e. The number of rotatable bonds is 5. The quantitative estimate of drug-likeness (QED) is 0.361. The third kappa shape index (κ3) is 12.2. The second-order valence-corrected chi connectivity index (χ2v) is 4.35. The van der Waals surface area contributed by atoms with Crippen molar-refractivity contribution >= 4 is 32.6 Å². The summed E-state index contributed by atoms with van der Waals surface area (Å²) in [5.41, 5.74) is 0. The lowest BCUT2D eigenvalue weighted by atomic mass is 10.6. The van der Waals surface area contributed by atoms with Crippen molar-refractivity contribution in [2.75, 3.05) is 11.5 Å². The van der Waals surface area contributed by atoms with Crippen LogP contribution >= 0.6 is 21.6 Å². The highest BCUT2D eigenvalue weighted by Gasteiger charge is 1.83. The van der Waals surface area contributed by atoms with Crippen molar-refractivity contribution in [3.05, 3.63) is 0 Å². The predicted octanol–water partition coefficient (Wildman–Crippen LogP) is 2.81. The Morgan fingerprint density at radius 3 is 1.44 bits per heavy atom. The minimum atomic E-state index is 0. The lowest BCUT2D eigenvalue weighted by Gasteiger charge is -1.93. The average molecular weight is 178 g/mol. The van der Waals surface area contributed by atoms with Gasteiger partial charge in [-0.3, -0.25) is 0 Å². The molecule has 3 heteroatoms. The molecule has 0 aliphatic heterocycles. The third-order valence-electron chi connectivity index (χ3n) is 0.658. The molecule has 0 saturated carbocycles. The molecule has 0 aromatic rings. The molecule has 0 heterocycles. The van der Waals surface area contributed by atoms with E-state index in [1.54, 1.807) is 0 Å². The predicted molar refractivity (Wildman–Crippen MR) is 51.3 cm³/mol. The van der Waals surface area contributed by atoms with Crippen molar-refractivity contribution in [2.45, 2.75) is 26.7 Å². The van der Waals surface area contributed by atoms with Gasteiger partial charge in [0.25, 0.3) is 0 Å². The fourth-order valence-electron chi connectivity index (χ4n) is 0.285. The van der Waals surface area contributed by atoms with Crippen LogP contribution in [0.1, 0.15) is 26.7 Å². The van der Waals surface area contributed by atoms with Gasteiger partial charge in [-0.2, -0.15) is 0 Å². The lowest BCUT2D eigenvalue weighted by molar-refractivity contribution is 1.11. The molecule has 0 nitrogen and oxygen atoms in total. The second kappa shape index (κ2) is 11.7. The zero-order valence-corrected chi connectivity index (χ0v) is 8.78. The maximum absolute atomic E-state index is 2.22. The van der Waals surface area contributed by atoms with Crippen LogP contribution < -0.4 is 0 Å². The van der Waals surface area contributed by atoms with Crippen molar-refractivity contribution < 1.29 is 0 Å². The van der Waals surface area contributed by atoms with Crippen LogP contribution in [0.25, 0.3) is 0 Å². The molecule has 9 heavy (non-hydrogen) atoms. The zero-order chi connectivity index (χ0) is 6.24. The highest BCUT2D eigenvalue weighted by atomic mass is 33.1. The summed E-state index contributed by atoms with van der Waals surface area (Å²) >= 11 is 0. The lowest BCUT2D eigenvalue weighted by Crippen LogP contribution is -1.70. The van der Waals surface area contributed by atoms with Crippen LogP contribution in [-0.2, 0) is 0 Å². The van der Waals surface area contributed by atoms with Crippen molar-refractivity contribution in [1.29, 1.82) is 0 Å². The van der Waals surface area contributed by atoms with Gasteiger partial charge >= 0.3 is 0 Å². The summed E-state index contributed by atoms with van der Waals surface area (Å²) in [5, 5.41) is 0. The summed E-state index contributed by atoms with van der Waals surface area (Å²) in [6.07, 6.45) is 2.61. The van der Waals surface area contributed by atoms with Crippen LogP contribution in [0.3, 0.4) is 0 Å². The van der Waals surface area contributed by atoms with Gasteiger partial charge in [-0.15, -0.1) is 0 Å². The molecule has 0 bridgehead atoms. The standard InChI is InChI=1S/C6H14S2.Si/c1-3-5-7-8-6-4-2;/h3-6H2,1-2H3;. The normalized spacial score (nSPS) is 8.67. The van der Waals surface area contributed by atoms with Gasteiger partial charge < -0.3 is 0 Å². The molecule has 0 aromatic heterocycles. The van der Waals surface area contributed by atoms with Crippen LogP contribution in [0.4, 0.5) is 0 Å². The molecule has 54 valence electrons. The van der Waals surface area contributed by atoms with Gasteiger partial charge in [0.15, 0.2) is 0 Å². The molecule has 0 aliphatic carbocycles. The van der Waals surface area contributed by atoms with Crippen molar-refractivity contribution in [2.24, 2.45) is 0 Å². The highest BCUT2D eigenvalue weighted by molar-refractivity contribution is 8.76. The second-order valence-electron chi connectivity index (χ2n) is 1.64. The Hall–Kier alpha value is 0.917. The van der Waals surface area contributed by atoms with Gasteiger partial charge in [-0.1, -0.05) is 35.4 Å². The van der Waals surface area contributed by atoms with Gasteiger partial charge in [-0.25, -0.2) is 0 Å². The Kier molecular flexibility index (Phi) is 16.3. The van der Waals surface area contributed by atoms with Crippen molar-refractivity contribution in [3.63, 3.8) is 0 Å². The van der Waals surface area contributed by atoms with Gasteiger partial charge in [0, 0.05) is 22.5 Å². The van der Waals surface area contributed by atoms with Crippen molar-refractivity contribution in [1.82, 2.24) is 0 Å². The van der Waals surface area contributed by atoms with E-state index < -0.39 is 0 Å². The molecule has 0 atom stereocenters. The molecule has 0 saturated heterocycles. The number of hydrogen-bond acceptors (Lipinski definition) is 2. The highest BCUT2D eigenvalue weighted by Crippen LogP contribution is 2.21. The first-order chi connectivity index (χ1) is 3.91. The molecular formula is C6H14S2Si. The first-order valence-electron chi connectivity index (χ1n) is 3.16. The van der Waals surface area contributed by atoms with E-state index in [2.05, 4.69) is 13.8 Å². The van der Waals surface area contributed by atoms with E-state index in [0.29, 0.717) is 0 Å². The molecule has 0 fully saturated rings. The summed E-state index contributed by atoms with van der Waals surface area (Å²) in [7, 11) is 3.99. The summed E-state index contributed by atoms with van der Waals surface area (Å²) in [5.74, 6) is 2.62. The summed E-state index contributed by atoms with van der Waals surface area (Å²) in [4.78, 5) is 0. The molecule has 4 radical (unpaired) electrons. The molecule has 0 amide bonds. The maximum Gasteiger partial charge on any atom is 0.00343 e. The topological polar surface area (TPSA) is 0 Å². The smallest absolute Gasteiger partial charge is 0.00343 e. The SMILES string of the molecule is CCCSSCCC.[Si]. The number of hydrogen-bond donors (Lipinski definition) is 0. The van der Waals surface area contributed by atoms with E-state index in [9.17, 15) is 0 Å². The van der Waals surface area contributed by atoms with Crippen LogP contribution in [-0.4, -0.2) is 22.5 Å². The van der Waals surface area contributed by atoms with Crippen LogP contribution in [0.15, 0.2) is 0 Å². The Balaban J connectivity index is 0. The van der Waals surface area contributed by atoms with Gasteiger partial charge in [0.1, 0.15) is 0 Å². The zero-order valence-electron chi connectivity index (χ0n) is 6.14. The first-order valence-corrected chi connectivity index (χ1v) is 5.65. The van der Waals surface area contributed by atoms with E-state index in [1.165, 1.54) is 24.3 Å². The van der Waals surface area contributed by atoms with E-state index in [-0.39, 0.29) is 11.0 Å². The van der Waals surface area contributed by atoms with Crippen LogP contribution in [0, 0.1) is 0 Å². The van der Waals surface area contributed by atoms with E-state index in [0.717, 1.165) is 0 Å². The molecule has 0 aromatic carbocycles. The first kappa shape index (κ1) is 12.6. The minimum Gasteiger partial charge on any atom is -0.0942 e. The fraction of sp³-hybridized carbons (Fsp3) is 1.00. The van der Waals surface area contributed by atoms with Crippen LogP contribution in [0.2, 0.25) is 0 Å². The fourth-order valence-corrected chi connectivity index (χ4v) is 2.56. The van der Waals surface area contributed by atoms with Crippen molar-refractivity contribution in [3.8, 4) is 0 Å². The third-order valence-corrected chi connectivity index (χ3v) is 3.47. The summed E-state index contributed by atoms with van der Waals surface area (Å²) in [6, 6.07) is 0. The molecule has 0 rings (SSSR count). The van der Waals surface area contributed by atoms with Gasteiger partial charge in [-0.05, 0) is 12.8 Å². The van der Waals surface area contributed by atoms with E-state index >= 15 is 0 Å².